The number of ether oxygens (including phenoxy) is 2. The van der Waals surface area contributed by atoms with Gasteiger partial charge >= 0.3 is 11.9 Å². The summed E-state index contributed by atoms with van der Waals surface area (Å²) in [4.78, 5) is 34.2. The highest BCUT2D eigenvalue weighted by molar-refractivity contribution is 5.96. The number of carbonyl (C=O) groups is 3. The van der Waals surface area contributed by atoms with Gasteiger partial charge in [0, 0.05) is 12.5 Å². The van der Waals surface area contributed by atoms with E-state index in [4.69, 9.17) is 0 Å². The van der Waals surface area contributed by atoms with Crippen LogP contribution in [0.5, 0.6) is 0 Å². The lowest BCUT2D eigenvalue weighted by atomic mass is 10.1. The van der Waals surface area contributed by atoms with Crippen LogP contribution < -0.4 is 5.32 Å². The summed E-state index contributed by atoms with van der Waals surface area (Å²) in [6, 6.07) is 7.66. The molecule has 1 aromatic carbocycles. The number of methoxy groups -OCH3 is 1. The van der Waals surface area contributed by atoms with E-state index in [0.29, 0.717) is 5.56 Å². The molecule has 0 aliphatic heterocycles. The molecule has 0 unspecified atom stereocenters. The van der Waals surface area contributed by atoms with Gasteiger partial charge in [-0.15, -0.1) is 0 Å². The number of esters is 2. The molecule has 6 nitrogen and oxygen atoms in total. The molecule has 1 amide bonds. The van der Waals surface area contributed by atoms with Gasteiger partial charge in [0.1, 0.15) is 6.04 Å². The first-order valence-corrected chi connectivity index (χ1v) is 6.30. The SMILES string of the molecule is COC(=O)[C@H](CC=COC(C)=O)NC(=O)c1ccccc1. The second-order valence-corrected chi connectivity index (χ2v) is 4.13. The van der Waals surface area contributed by atoms with Crippen molar-refractivity contribution in [2.24, 2.45) is 0 Å². The maximum absolute atomic E-state index is 12.0. The van der Waals surface area contributed by atoms with Crippen LogP contribution in [0.4, 0.5) is 0 Å². The van der Waals surface area contributed by atoms with E-state index in [-0.39, 0.29) is 12.3 Å². The molecule has 1 aromatic rings. The molecule has 0 bridgehead atoms. The van der Waals surface area contributed by atoms with Gasteiger partial charge in [-0.1, -0.05) is 18.2 Å². The van der Waals surface area contributed by atoms with E-state index >= 15 is 0 Å². The highest BCUT2D eigenvalue weighted by Gasteiger charge is 2.20. The Bertz CT molecular complexity index is 524. The quantitative estimate of drug-likeness (QED) is 0.633. The van der Waals surface area contributed by atoms with Gasteiger partial charge in [0.15, 0.2) is 0 Å². The fourth-order valence-corrected chi connectivity index (χ4v) is 1.52. The van der Waals surface area contributed by atoms with E-state index < -0.39 is 18.0 Å². The number of rotatable bonds is 6. The van der Waals surface area contributed by atoms with E-state index in [1.165, 1.54) is 26.4 Å². The van der Waals surface area contributed by atoms with Gasteiger partial charge in [0.05, 0.1) is 13.4 Å². The normalized spacial score (nSPS) is 11.7. The van der Waals surface area contributed by atoms with Crippen molar-refractivity contribution in [2.45, 2.75) is 19.4 Å². The molecule has 0 spiro atoms. The van der Waals surface area contributed by atoms with Crippen LogP contribution in [0.2, 0.25) is 0 Å². The maximum atomic E-state index is 12.0. The molecular formula is C15H17NO5. The molecule has 0 saturated heterocycles. The van der Waals surface area contributed by atoms with E-state index in [9.17, 15) is 14.4 Å². The minimum Gasteiger partial charge on any atom is -0.467 e. The molecule has 0 radical (unpaired) electrons. The molecule has 21 heavy (non-hydrogen) atoms. The average Bonchev–Trinajstić information content (AvgIpc) is 2.50. The number of hydrogen-bond acceptors (Lipinski definition) is 5. The van der Waals surface area contributed by atoms with Crippen molar-refractivity contribution in [3.05, 3.63) is 48.2 Å². The molecular weight excluding hydrogens is 274 g/mol. The zero-order valence-corrected chi connectivity index (χ0v) is 11.9. The van der Waals surface area contributed by atoms with E-state index in [2.05, 4.69) is 14.8 Å². The first-order chi connectivity index (χ1) is 10.0. The molecule has 6 heteroatoms. The summed E-state index contributed by atoms with van der Waals surface area (Å²) in [5.74, 6) is -1.42. The predicted octanol–water partition coefficient (Wildman–Crippen LogP) is 1.42. The van der Waals surface area contributed by atoms with Crippen LogP contribution in [0, 0.1) is 0 Å². The molecule has 0 aliphatic carbocycles. The van der Waals surface area contributed by atoms with Crippen molar-refractivity contribution in [1.29, 1.82) is 0 Å². The van der Waals surface area contributed by atoms with Crippen molar-refractivity contribution >= 4 is 17.8 Å². The fraction of sp³-hybridized carbons (Fsp3) is 0.267. The summed E-state index contributed by atoms with van der Waals surface area (Å²) < 4.78 is 9.24. The summed E-state index contributed by atoms with van der Waals surface area (Å²) in [6.07, 6.45) is 2.79. The molecule has 1 atom stereocenters. The van der Waals surface area contributed by atoms with Crippen LogP contribution in [-0.2, 0) is 19.1 Å². The van der Waals surface area contributed by atoms with E-state index in [1.807, 2.05) is 0 Å². The Hall–Kier alpha value is -2.63. The second kappa shape index (κ2) is 8.52. The smallest absolute Gasteiger partial charge is 0.328 e. The summed E-state index contributed by atoms with van der Waals surface area (Å²) in [5.41, 5.74) is 0.440. The Balaban J connectivity index is 2.66. The third-order valence-electron chi connectivity index (χ3n) is 2.53. The molecule has 1 N–H and O–H groups in total. The van der Waals surface area contributed by atoms with Gasteiger partial charge in [-0.2, -0.15) is 0 Å². The monoisotopic (exact) mass is 291 g/mol. The van der Waals surface area contributed by atoms with Crippen molar-refractivity contribution in [3.63, 3.8) is 0 Å². The molecule has 0 saturated carbocycles. The van der Waals surface area contributed by atoms with Crippen LogP contribution in [0.3, 0.4) is 0 Å². The topological polar surface area (TPSA) is 81.7 Å². The maximum Gasteiger partial charge on any atom is 0.328 e. The minimum absolute atomic E-state index is 0.151. The fourth-order valence-electron chi connectivity index (χ4n) is 1.52. The lowest BCUT2D eigenvalue weighted by molar-refractivity contribution is -0.142. The molecule has 1 rings (SSSR count). The molecule has 0 fully saturated rings. The van der Waals surface area contributed by atoms with E-state index in [1.54, 1.807) is 30.3 Å². The van der Waals surface area contributed by atoms with Crippen LogP contribution in [0.1, 0.15) is 23.7 Å². The van der Waals surface area contributed by atoms with Gasteiger partial charge in [-0.3, -0.25) is 9.59 Å². The van der Waals surface area contributed by atoms with Crippen LogP contribution >= 0.6 is 0 Å². The molecule has 0 aliphatic rings. The van der Waals surface area contributed by atoms with E-state index in [0.717, 1.165) is 0 Å². The Morgan fingerprint density at radius 3 is 2.48 bits per heavy atom. The third kappa shape index (κ3) is 5.90. The summed E-state index contributed by atoms with van der Waals surface area (Å²) >= 11 is 0. The third-order valence-corrected chi connectivity index (χ3v) is 2.53. The molecule has 112 valence electrons. The Labute approximate surface area is 122 Å². The number of nitrogens with one attached hydrogen (secondary N) is 1. The van der Waals surface area contributed by atoms with Crippen molar-refractivity contribution in [1.82, 2.24) is 5.32 Å². The van der Waals surface area contributed by atoms with Crippen molar-refractivity contribution in [2.75, 3.05) is 7.11 Å². The Kier molecular flexibility index (Phi) is 6.67. The number of benzene rings is 1. The van der Waals surface area contributed by atoms with Crippen molar-refractivity contribution in [3.8, 4) is 0 Å². The highest BCUT2D eigenvalue weighted by atomic mass is 16.5. The molecule has 0 heterocycles. The van der Waals surface area contributed by atoms with Gasteiger partial charge < -0.3 is 14.8 Å². The van der Waals surface area contributed by atoms with Gasteiger partial charge in [0.2, 0.25) is 0 Å². The summed E-state index contributed by atoms with van der Waals surface area (Å²) in [7, 11) is 1.24. The number of carbonyl (C=O) groups excluding carboxylic acids is 3. The lowest BCUT2D eigenvalue weighted by Gasteiger charge is -2.14. The minimum atomic E-state index is -0.852. The first-order valence-electron chi connectivity index (χ1n) is 6.30. The Morgan fingerprint density at radius 1 is 1.24 bits per heavy atom. The zero-order chi connectivity index (χ0) is 15.7. The Morgan fingerprint density at radius 2 is 1.90 bits per heavy atom. The van der Waals surface area contributed by atoms with Crippen molar-refractivity contribution < 1.29 is 23.9 Å². The number of hydrogen-bond donors (Lipinski definition) is 1. The summed E-state index contributed by atoms with van der Waals surface area (Å²) in [6.45, 7) is 1.26. The van der Waals surface area contributed by atoms with Gasteiger partial charge in [0.25, 0.3) is 5.91 Å². The largest absolute Gasteiger partial charge is 0.467 e. The average molecular weight is 291 g/mol. The first kappa shape index (κ1) is 16.4. The highest BCUT2D eigenvalue weighted by Crippen LogP contribution is 2.03. The van der Waals surface area contributed by atoms with Crippen LogP contribution in [0.15, 0.2) is 42.7 Å². The number of amides is 1. The van der Waals surface area contributed by atoms with Gasteiger partial charge in [-0.25, -0.2) is 4.79 Å². The lowest BCUT2D eigenvalue weighted by Crippen LogP contribution is -2.41. The standard InChI is InChI=1S/C15H17NO5/c1-11(17)21-10-6-9-13(15(19)20-2)16-14(18)12-7-4-3-5-8-12/h3-8,10,13H,9H2,1-2H3,(H,16,18)/t13-/m0/s1. The van der Waals surface area contributed by atoms with Crippen LogP contribution in [0.25, 0.3) is 0 Å². The summed E-state index contributed by atoms with van der Waals surface area (Å²) in [5, 5.41) is 2.57. The zero-order valence-electron chi connectivity index (χ0n) is 11.9. The second-order valence-electron chi connectivity index (χ2n) is 4.13. The van der Waals surface area contributed by atoms with Crippen LogP contribution in [-0.4, -0.2) is 31.0 Å². The predicted molar refractivity (Wildman–Crippen MR) is 75.2 cm³/mol. The van der Waals surface area contributed by atoms with Gasteiger partial charge in [-0.05, 0) is 24.6 Å². The molecule has 0 aromatic heterocycles.